The maximum Gasteiger partial charge on any atom is 0.0870 e. The number of hydrogen-bond donors (Lipinski definition) is 2. The molecule has 4 nitrogen and oxygen atoms in total. The lowest BCUT2D eigenvalue weighted by molar-refractivity contribution is 0.143. The van der Waals surface area contributed by atoms with E-state index in [2.05, 4.69) is 9.80 Å². The van der Waals surface area contributed by atoms with Crippen LogP contribution in [0.1, 0.15) is 19.3 Å². The van der Waals surface area contributed by atoms with Crippen LogP contribution in [0.25, 0.3) is 0 Å². The van der Waals surface area contributed by atoms with E-state index in [0.717, 1.165) is 52.1 Å². The Morgan fingerprint density at radius 1 is 1.06 bits per heavy atom. The van der Waals surface area contributed by atoms with Gasteiger partial charge in [0.15, 0.2) is 0 Å². The molecule has 0 radical (unpaired) electrons. The van der Waals surface area contributed by atoms with Crippen molar-refractivity contribution >= 4 is 17.2 Å². The summed E-state index contributed by atoms with van der Waals surface area (Å²) in [7, 11) is 0. The molecule has 5 heteroatoms. The predicted octanol–water partition coefficient (Wildman–Crippen LogP) is 0.0527. The van der Waals surface area contributed by atoms with Gasteiger partial charge in [0.25, 0.3) is 0 Å². The Morgan fingerprint density at radius 3 is 2.25 bits per heavy atom. The molecule has 0 unspecified atom stereocenters. The van der Waals surface area contributed by atoms with Crippen molar-refractivity contribution in [2.24, 2.45) is 5.73 Å². The first-order valence-electron chi connectivity index (χ1n) is 6.06. The number of aliphatic hydroxyl groups excluding tert-OH is 1. The van der Waals surface area contributed by atoms with E-state index in [1.165, 1.54) is 6.42 Å². The summed E-state index contributed by atoms with van der Waals surface area (Å²) in [6.45, 7) is 6.59. The van der Waals surface area contributed by atoms with Gasteiger partial charge in [-0.3, -0.25) is 4.90 Å². The Labute approximate surface area is 103 Å². The molecule has 1 aliphatic rings. The van der Waals surface area contributed by atoms with Gasteiger partial charge in [0, 0.05) is 39.3 Å². The number of aliphatic hydroxyl groups is 1. The standard InChI is InChI=1S/C11H23N3OS/c12-11(16)10-14-7-5-13(6-8-14)4-2-1-3-9-15/h15H,1-10H2,(H2,12,16). The third kappa shape index (κ3) is 5.75. The lowest BCUT2D eigenvalue weighted by Crippen LogP contribution is -2.48. The quantitative estimate of drug-likeness (QED) is 0.490. The van der Waals surface area contributed by atoms with E-state index in [-0.39, 0.29) is 0 Å². The third-order valence-corrected chi connectivity index (χ3v) is 3.11. The van der Waals surface area contributed by atoms with Crippen molar-refractivity contribution in [2.45, 2.75) is 19.3 Å². The molecule has 94 valence electrons. The normalized spacial score (nSPS) is 18.8. The van der Waals surface area contributed by atoms with Gasteiger partial charge in [-0.1, -0.05) is 12.2 Å². The monoisotopic (exact) mass is 245 g/mol. The van der Waals surface area contributed by atoms with E-state index >= 15 is 0 Å². The van der Waals surface area contributed by atoms with Gasteiger partial charge >= 0.3 is 0 Å². The van der Waals surface area contributed by atoms with Crippen LogP contribution >= 0.6 is 12.2 Å². The molecule has 0 aromatic carbocycles. The summed E-state index contributed by atoms with van der Waals surface area (Å²) < 4.78 is 0. The predicted molar refractivity (Wildman–Crippen MR) is 70.6 cm³/mol. The van der Waals surface area contributed by atoms with Crippen LogP contribution in [-0.2, 0) is 0 Å². The topological polar surface area (TPSA) is 52.7 Å². The summed E-state index contributed by atoms with van der Waals surface area (Å²) in [5.41, 5.74) is 5.52. The van der Waals surface area contributed by atoms with Crippen LogP contribution in [0.2, 0.25) is 0 Å². The Hall–Kier alpha value is -0.230. The maximum atomic E-state index is 8.68. The zero-order chi connectivity index (χ0) is 11.8. The first-order valence-corrected chi connectivity index (χ1v) is 6.47. The lowest BCUT2D eigenvalue weighted by atomic mass is 10.2. The van der Waals surface area contributed by atoms with Gasteiger partial charge in [0.1, 0.15) is 0 Å². The van der Waals surface area contributed by atoms with E-state index in [4.69, 9.17) is 23.1 Å². The van der Waals surface area contributed by atoms with Crippen molar-refractivity contribution in [3.05, 3.63) is 0 Å². The largest absolute Gasteiger partial charge is 0.396 e. The van der Waals surface area contributed by atoms with Gasteiger partial charge in [0.05, 0.1) is 4.99 Å². The second-order valence-electron chi connectivity index (χ2n) is 4.37. The number of nitrogens with two attached hydrogens (primary N) is 1. The van der Waals surface area contributed by atoms with Crippen molar-refractivity contribution < 1.29 is 5.11 Å². The van der Waals surface area contributed by atoms with Gasteiger partial charge in [-0.25, -0.2) is 0 Å². The zero-order valence-electron chi connectivity index (χ0n) is 9.90. The molecule has 1 saturated heterocycles. The molecule has 1 heterocycles. The second kappa shape index (κ2) is 7.95. The van der Waals surface area contributed by atoms with Gasteiger partial charge in [-0.2, -0.15) is 0 Å². The minimum Gasteiger partial charge on any atom is -0.396 e. The van der Waals surface area contributed by atoms with Crippen LogP contribution < -0.4 is 5.73 Å². The number of nitrogens with zero attached hydrogens (tertiary/aromatic N) is 2. The summed E-state index contributed by atoms with van der Waals surface area (Å²) in [6.07, 6.45) is 3.25. The Morgan fingerprint density at radius 2 is 1.69 bits per heavy atom. The van der Waals surface area contributed by atoms with E-state index in [0.29, 0.717) is 11.6 Å². The molecule has 1 rings (SSSR count). The van der Waals surface area contributed by atoms with Gasteiger partial charge in [0.2, 0.25) is 0 Å². The molecule has 16 heavy (non-hydrogen) atoms. The Bertz CT molecular complexity index is 205. The molecule has 0 atom stereocenters. The minimum absolute atomic E-state index is 0.321. The zero-order valence-corrected chi connectivity index (χ0v) is 10.7. The summed E-state index contributed by atoms with van der Waals surface area (Å²) in [5, 5.41) is 8.68. The highest BCUT2D eigenvalue weighted by Gasteiger charge is 2.16. The molecule has 0 amide bonds. The molecule has 0 saturated carbocycles. The maximum absolute atomic E-state index is 8.68. The number of rotatable bonds is 7. The summed E-state index contributed by atoms with van der Waals surface area (Å²) in [5.74, 6) is 0. The highest BCUT2D eigenvalue weighted by atomic mass is 32.1. The Kier molecular flexibility index (Phi) is 6.87. The minimum atomic E-state index is 0.321. The van der Waals surface area contributed by atoms with E-state index in [1.807, 2.05) is 0 Å². The molecule has 0 aromatic rings. The third-order valence-electron chi connectivity index (χ3n) is 2.98. The van der Waals surface area contributed by atoms with Gasteiger partial charge in [-0.15, -0.1) is 0 Å². The fourth-order valence-corrected chi connectivity index (χ4v) is 2.20. The fourth-order valence-electron chi connectivity index (χ4n) is 2.02. The summed E-state index contributed by atoms with van der Waals surface area (Å²) in [6, 6.07) is 0. The number of unbranched alkanes of at least 4 members (excludes halogenated alkanes) is 2. The lowest BCUT2D eigenvalue weighted by Gasteiger charge is -2.34. The first kappa shape index (κ1) is 13.8. The van der Waals surface area contributed by atoms with E-state index in [1.54, 1.807) is 0 Å². The van der Waals surface area contributed by atoms with Crippen LogP contribution in [0.4, 0.5) is 0 Å². The molecular formula is C11H23N3OS. The molecule has 3 N–H and O–H groups in total. The fraction of sp³-hybridized carbons (Fsp3) is 0.909. The van der Waals surface area contributed by atoms with Crippen molar-refractivity contribution in [3.8, 4) is 0 Å². The van der Waals surface area contributed by atoms with Crippen LogP contribution in [0.5, 0.6) is 0 Å². The van der Waals surface area contributed by atoms with Crippen LogP contribution in [0.15, 0.2) is 0 Å². The van der Waals surface area contributed by atoms with Crippen molar-refractivity contribution in [3.63, 3.8) is 0 Å². The molecule has 1 aliphatic heterocycles. The van der Waals surface area contributed by atoms with Crippen molar-refractivity contribution in [2.75, 3.05) is 45.9 Å². The average molecular weight is 245 g/mol. The molecule has 1 fully saturated rings. The second-order valence-corrected chi connectivity index (χ2v) is 4.89. The first-order chi connectivity index (χ1) is 7.72. The molecule has 0 aromatic heterocycles. The number of thiocarbonyl (C=S) groups is 1. The molecule has 0 spiro atoms. The average Bonchev–Trinajstić information content (AvgIpc) is 2.26. The van der Waals surface area contributed by atoms with E-state index in [9.17, 15) is 0 Å². The molecular weight excluding hydrogens is 222 g/mol. The van der Waals surface area contributed by atoms with Crippen molar-refractivity contribution in [1.82, 2.24) is 9.80 Å². The molecule has 0 aliphatic carbocycles. The van der Waals surface area contributed by atoms with Gasteiger partial charge in [-0.05, 0) is 25.8 Å². The van der Waals surface area contributed by atoms with Crippen LogP contribution in [0.3, 0.4) is 0 Å². The van der Waals surface area contributed by atoms with Crippen LogP contribution in [-0.4, -0.2) is 65.8 Å². The smallest absolute Gasteiger partial charge is 0.0870 e. The summed E-state index contributed by atoms with van der Waals surface area (Å²) in [4.78, 5) is 5.39. The number of piperazine rings is 1. The number of hydrogen-bond acceptors (Lipinski definition) is 4. The Balaban J connectivity index is 2.05. The van der Waals surface area contributed by atoms with Crippen LogP contribution in [0, 0.1) is 0 Å². The van der Waals surface area contributed by atoms with E-state index < -0.39 is 0 Å². The molecule has 0 bridgehead atoms. The SMILES string of the molecule is NC(=S)CN1CCN(CCCCCO)CC1. The van der Waals surface area contributed by atoms with Crippen molar-refractivity contribution in [1.29, 1.82) is 0 Å². The summed E-state index contributed by atoms with van der Waals surface area (Å²) >= 11 is 4.90. The highest BCUT2D eigenvalue weighted by molar-refractivity contribution is 7.80. The van der Waals surface area contributed by atoms with Gasteiger partial charge < -0.3 is 15.7 Å². The highest BCUT2D eigenvalue weighted by Crippen LogP contribution is 2.04.